The van der Waals surface area contributed by atoms with E-state index < -0.39 is 5.91 Å². The molecule has 1 aliphatic rings. The molecule has 0 spiro atoms. The van der Waals surface area contributed by atoms with Gasteiger partial charge in [-0.25, -0.2) is 0 Å². The first kappa shape index (κ1) is 12.7. The molecule has 0 aliphatic heterocycles. The second kappa shape index (κ2) is 4.52. The number of amides is 1. The zero-order valence-electron chi connectivity index (χ0n) is 11.0. The van der Waals surface area contributed by atoms with Gasteiger partial charge in [-0.2, -0.15) is 0 Å². The zero-order chi connectivity index (χ0) is 13.3. The molecule has 2 rings (SSSR count). The van der Waals surface area contributed by atoms with Crippen molar-refractivity contribution in [3.63, 3.8) is 0 Å². The van der Waals surface area contributed by atoms with Crippen LogP contribution in [0.25, 0.3) is 0 Å². The fourth-order valence-corrected chi connectivity index (χ4v) is 1.59. The minimum atomic E-state index is -0.495. The van der Waals surface area contributed by atoms with Gasteiger partial charge in [-0.15, -0.1) is 0 Å². The molecule has 18 heavy (non-hydrogen) atoms. The lowest BCUT2D eigenvalue weighted by Gasteiger charge is -2.22. The number of rotatable bonds is 4. The van der Waals surface area contributed by atoms with Crippen molar-refractivity contribution >= 4 is 5.91 Å². The number of ether oxygens (including phenoxy) is 2. The molecule has 0 bridgehead atoms. The summed E-state index contributed by atoms with van der Waals surface area (Å²) in [5, 5.41) is 0. The summed E-state index contributed by atoms with van der Waals surface area (Å²) in [6, 6.07) is 5.19. The second-order valence-corrected chi connectivity index (χ2v) is 5.55. The molecule has 0 atom stereocenters. The largest absolute Gasteiger partial charge is 0.490 e. The third-order valence-corrected chi connectivity index (χ3v) is 2.46. The second-order valence-electron chi connectivity index (χ2n) is 5.55. The van der Waals surface area contributed by atoms with E-state index in [4.69, 9.17) is 15.2 Å². The average molecular weight is 249 g/mol. The van der Waals surface area contributed by atoms with Crippen LogP contribution in [0.2, 0.25) is 0 Å². The number of carbonyl (C=O) groups is 1. The van der Waals surface area contributed by atoms with Gasteiger partial charge in [0.1, 0.15) is 17.1 Å². The Morgan fingerprint density at radius 2 is 2.00 bits per heavy atom. The number of nitrogens with two attached hydrogens (primary N) is 1. The standard InChI is InChI=1S/C14H19NO3/c1-14(2,3)18-10-6-7-12(17-9-4-5-9)11(8-10)13(15)16/h6-9H,4-5H2,1-3H3,(H2,15,16). The van der Waals surface area contributed by atoms with E-state index in [2.05, 4.69) is 0 Å². The molecule has 0 heterocycles. The van der Waals surface area contributed by atoms with Crippen molar-refractivity contribution in [2.45, 2.75) is 45.3 Å². The maximum atomic E-state index is 11.4. The monoisotopic (exact) mass is 249 g/mol. The third kappa shape index (κ3) is 3.39. The zero-order valence-corrected chi connectivity index (χ0v) is 11.0. The lowest BCUT2D eigenvalue weighted by Crippen LogP contribution is -2.23. The van der Waals surface area contributed by atoms with Gasteiger partial charge in [-0.05, 0) is 51.8 Å². The number of hydrogen-bond donors (Lipinski definition) is 1. The van der Waals surface area contributed by atoms with Gasteiger partial charge in [0.2, 0.25) is 0 Å². The molecule has 0 saturated heterocycles. The molecule has 1 aromatic rings. The molecule has 1 aliphatic carbocycles. The summed E-state index contributed by atoms with van der Waals surface area (Å²) >= 11 is 0. The van der Waals surface area contributed by atoms with E-state index in [1.54, 1.807) is 18.2 Å². The van der Waals surface area contributed by atoms with Crippen LogP contribution in [0.4, 0.5) is 0 Å². The SMILES string of the molecule is CC(C)(C)Oc1ccc(OC2CC2)c(C(N)=O)c1. The van der Waals surface area contributed by atoms with E-state index in [9.17, 15) is 4.79 Å². The molecule has 98 valence electrons. The summed E-state index contributed by atoms with van der Waals surface area (Å²) in [5.74, 6) is 0.677. The summed E-state index contributed by atoms with van der Waals surface area (Å²) in [7, 11) is 0. The van der Waals surface area contributed by atoms with Gasteiger partial charge < -0.3 is 15.2 Å². The van der Waals surface area contributed by atoms with Crippen LogP contribution in [-0.4, -0.2) is 17.6 Å². The summed E-state index contributed by atoms with van der Waals surface area (Å²) in [6.45, 7) is 5.85. The minimum absolute atomic E-state index is 0.234. The topological polar surface area (TPSA) is 61.6 Å². The Labute approximate surface area is 107 Å². The van der Waals surface area contributed by atoms with Crippen LogP contribution in [0.15, 0.2) is 18.2 Å². The number of benzene rings is 1. The van der Waals surface area contributed by atoms with E-state index in [-0.39, 0.29) is 11.7 Å². The maximum absolute atomic E-state index is 11.4. The molecule has 1 amide bonds. The normalized spacial score (nSPS) is 15.3. The quantitative estimate of drug-likeness (QED) is 0.891. The fourth-order valence-electron chi connectivity index (χ4n) is 1.59. The smallest absolute Gasteiger partial charge is 0.252 e. The highest BCUT2D eigenvalue weighted by atomic mass is 16.5. The van der Waals surface area contributed by atoms with Crippen LogP contribution in [-0.2, 0) is 0 Å². The molecule has 0 radical (unpaired) electrons. The van der Waals surface area contributed by atoms with Crippen LogP contribution in [0.3, 0.4) is 0 Å². The highest BCUT2D eigenvalue weighted by molar-refractivity contribution is 5.96. The van der Waals surface area contributed by atoms with Crippen LogP contribution in [0, 0.1) is 0 Å². The molecule has 2 N–H and O–H groups in total. The molecule has 0 unspecified atom stereocenters. The van der Waals surface area contributed by atoms with Gasteiger partial charge in [0.05, 0.1) is 11.7 Å². The van der Waals surface area contributed by atoms with Gasteiger partial charge >= 0.3 is 0 Å². The lowest BCUT2D eigenvalue weighted by atomic mass is 10.1. The first-order valence-corrected chi connectivity index (χ1v) is 6.15. The van der Waals surface area contributed by atoms with Crippen LogP contribution < -0.4 is 15.2 Å². The van der Waals surface area contributed by atoms with Gasteiger partial charge in [-0.1, -0.05) is 0 Å². The van der Waals surface area contributed by atoms with Crippen molar-refractivity contribution in [2.75, 3.05) is 0 Å². The van der Waals surface area contributed by atoms with Gasteiger partial charge in [0, 0.05) is 0 Å². The molecule has 1 fully saturated rings. The summed E-state index contributed by atoms with van der Waals surface area (Å²) in [4.78, 5) is 11.4. The van der Waals surface area contributed by atoms with Gasteiger partial charge in [0.15, 0.2) is 0 Å². The Bertz CT molecular complexity index is 459. The minimum Gasteiger partial charge on any atom is -0.490 e. The summed E-state index contributed by atoms with van der Waals surface area (Å²) in [5.41, 5.74) is 5.44. The predicted octanol–water partition coefficient (Wildman–Crippen LogP) is 2.50. The first-order valence-electron chi connectivity index (χ1n) is 6.15. The van der Waals surface area contributed by atoms with Crippen LogP contribution in [0.5, 0.6) is 11.5 Å². The Morgan fingerprint density at radius 1 is 1.33 bits per heavy atom. The van der Waals surface area contributed by atoms with Crippen molar-refractivity contribution in [1.29, 1.82) is 0 Å². The molecule has 1 saturated carbocycles. The van der Waals surface area contributed by atoms with E-state index in [1.807, 2.05) is 20.8 Å². The number of primary amides is 1. The van der Waals surface area contributed by atoms with Crippen LogP contribution >= 0.6 is 0 Å². The fraction of sp³-hybridized carbons (Fsp3) is 0.500. The third-order valence-electron chi connectivity index (χ3n) is 2.46. The molecule has 1 aromatic carbocycles. The Morgan fingerprint density at radius 3 is 2.50 bits per heavy atom. The van der Waals surface area contributed by atoms with Crippen molar-refractivity contribution in [3.05, 3.63) is 23.8 Å². The van der Waals surface area contributed by atoms with E-state index in [0.29, 0.717) is 17.1 Å². The average Bonchev–Trinajstić information content (AvgIpc) is 3.01. The Hall–Kier alpha value is -1.71. The van der Waals surface area contributed by atoms with Crippen molar-refractivity contribution in [2.24, 2.45) is 5.73 Å². The highest BCUT2D eigenvalue weighted by Crippen LogP contribution is 2.31. The number of hydrogen-bond acceptors (Lipinski definition) is 3. The number of carbonyl (C=O) groups excluding carboxylic acids is 1. The highest BCUT2D eigenvalue weighted by Gasteiger charge is 2.25. The Kier molecular flexibility index (Phi) is 3.20. The first-order chi connectivity index (χ1) is 8.35. The molecular weight excluding hydrogens is 230 g/mol. The van der Waals surface area contributed by atoms with Crippen LogP contribution in [0.1, 0.15) is 44.0 Å². The summed E-state index contributed by atoms with van der Waals surface area (Å²) in [6.07, 6.45) is 2.31. The summed E-state index contributed by atoms with van der Waals surface area (Å²) < 4.78 is 11.4. The molecule has 0 aromatic heterocycles. The van der Waals surface area contributed by atoms with Crippen molar-refractivity contribution < 1.29 is 14.3 Å². The van der Waals surface area contributed by atoms with E-state index >= 15 is 0 Å². The maximum Gasteiger partial charge on any atom is 0.252 e. The molecule has 4 nitrogen and oxygen atoms in total. The van der Waals surface area contributed by atoms with Gasteiger partial charge in [-0.3, -0.25) is 4.79 Å². The predicted molar refractivity (Wildman–Crippen MR) is 69.0 cm³/mol. The van der Waals surface area contributed by atoms with Crippen molar-refractivity contribution in [1.82, 2.24) is 0 Å². The van der Waals surface area contributed by atoms with E-state index in [0.717, 1.165) is 12.8 Å². The lowest BCUT2D eigenvalue weighted by molar-refractivity contribution is 0.0992. The van der Waals surface area contributed by atoms with Gasteiger partial charge in [0.25, 0.3) is 5.91 Å². The van der Waals surface area contributed by atoms with E-state index in [1.165, 1.54) is 0 Å². The molecular formula is C14H19NO3. The van der Waals surface area contributed by atoms with Crippen molar-refractivity contribution in [3.8, 4) is 11.5 Å². The molecule has 4 heteroatoms. The Balaban J connectivity index is 2.24.